The highest BCUT2D eigenvalue weighted by Crippen LogP contribution is 2.23. The second-order valence-electron chi connectivity index (χ2n) is 3.68. The average molecular weight is 234 g/mol. The first-order chi connectivity index (χ1) is 8.29. The number of benzene rings is 1. The van der Waals surface area contributed by atoms with E-state index in [0.29, 0.717) is 13.2 Å². The first-order valence-corrected chi connectivity index (χ1v) is 5.57. The van der Waals surface area contributed by atoms with E-state index in [1.807, 2.05) is 31.2 Å². The van der Waals surface area contributed by atoms with Gasteiger partial charge in [0.2, 0.25) is 0 Å². The van der Waals surface area contributed by atoms with Crippen LogP contribution in [0.5, 0.6) is 5.75 Å². The van der Waals surface area contributed by atoms with Gasteiger partial charge in [0, 0.05) is 25.8 Å². The summed E-state index contributed by atoms with van der Waals surface area (Å²) in [4.78, 5) is 0. The van der Waals surface area contributed by atoms with Crippen LogP contribution in [0.1, 0.15) is 11.1 Å². The molecule has 0 saturated carbocycles. The fraction of sp³-hybridized carbons (Fsp3) is 0.462. The minimum Gasteiger partial charge on any atom is -0.478 e. The predicted molar refractivity (Wildman–Crippen MR) is 65.9 cm³/mol. The molecular weight excluding hydrogens is 216 g/mol. The molecular formula is C13H18N2O2. The minimum absolute atomic E-state index is 0.0793. The molecule has 1 rings (SSSR count). The number of nitrogens with one attached hydrogen (secondary N) is 1. The van der Waals surface area contributed by atoms with Crippen LogP contribution in [0.2, 0.25) is 0 Å². The van der Waals surface area contributed by atoms with E-state index < -0.39 is 0 Å². The van der Waals surface area contributed by atoms with E-state index in [1.165, 1.54) is 0 Å². The summed E-state index contributed by atoms with van der Waals surface area (Å²) in [7, 11) is 1.68. The molecule has 0 aliphatic heterocycles. The van der Waals surface area contributed by atoms with Gasteiger partial charge in [0.25, 0.3) is 0 Å². The second-order valence-corrected chi connectivity index (χ2v) is 3.68. The molecule has 0 aromatic heterocycles. The largest absolute Gasteiger partial charge is 0.478 e. The first-order valence-electron chi connectivity index (χ1n) is 5.57. The molecule has 1 N–H and O–H groups in total. The Morgan fingerprint density at radius 3 is 2.94 bits per heavy atom. The molecule has 4 nitrogen and oxygen atoms in total. The van der Waals surface area contributed by atoms with Crippen LogP contribution >= 0.6 is 0 Å². The van der Waals surface area contributed by atoms with Crippen molar-refractivity contribution in [3.8, 4) is 11.8 Å². The van der Waals surface area contributed by atoms with Crippen LogP contribution in [0.3, 0.4) is 0 Å². The van der Waals surface area contributed by atoms with Crippen LogP contribution in [0.15, 0.2) is 18.2 Å². The van der Waals surface area contributed by atoms with E-state index >= 15 is 0 Å². The number of nitriles is 1. The third-order valence-corrected chi connectivity index (χ3v) is 2.37. The number of para-hydroxylation sites is 1. The summed E-state index contributed by atoms with van der Waals surface area (Å²) < 4.78 is 10.4. The van der Waals surface area contributed by atoms with Crippen molar-refractivity contribution in [2.45, 2.75) is 13.5 Å². The molecule has 0 unspecified atom stereocenters. The van der Waals surface area contributed by atoms with Crippen molar-refractivity contribution >= 4 is 0 Å². The van der Waals surface area contributed by atoms with Gasteiger partial charge in [-0.05, 0) is 12.5 Å². The maximum atomic E-state index is 8.55. The maximum absolute atomic E-state index is 8.55. The highest BCUT2D eigenvalue weighted by Gasteiger charge is 2.06. The van der Waals surface area contributed by atoms with E-state index in [2.05, 4.69) is 5.32 Å². The molecule has 17 heavy (non-hydrogen) atoms. The zero-order valence-corrected chi connectivity index (χ0v) is 10.3. The van der Waals surface area contributed by atoms with Gasteiger partial charge < -0.3 is 14.8 Å². The summed E-state index contributed by atoms with van der Waals surface area (Å²) in [6.07, 6.45) is 0. The van der Waals surface area contributed by atoms with E-state index in [4.69, 9.17) is 14.7 Å². The Labute approximate surface area is 102 Å². The van der Waals surface area contributed by atoms with Crippen LogP contribution in [0, 0.1) is 18.3 Å². The number of ether oxygens (including phenoxy) is 2. The molecule has 1 aromatic carbocycles. The highest BCUT2D eigenvalue weighted by atomic mass is 16.5. The standard InChI is InChI=1S/C13H18N2O2/c1-11-4-3-5-12(10-15-7-9-16-2)13(11)17-8-6-14/h3-5,15H,7-10H2,1-2H3. The summed E-state index contributed by atoms with van der Waals surface area (Å²) in [5, 5.41) is 11.8. The Bertz CT molecular complexity index is 385. The van der Waals surface area contributed by atoms with Gasteiger partial charge >= 0.3 is 0 Å². The molecule has 0 amide bonds. The van der Waals surface area contributed by atoms with Crippen molar-refractivity contribution < 1.29 is 9.47 Å². The fourth-order valence-corrected chi connectivity index (χ4v) is 1.56. The van der Waals surface area contributed by atoms with Crippen molar-refractivity contribution in [2.75, 3.05) is 26.9 Å². The number of aryl methyl sites for hydroxylation is 1. The molecule has 0 radical (unpaired) electrons. The molecule has 0 atom stereocenters. The average Bonchev–Trinajstić information content (AvgIpc) is 2.34. The van der Waals surface area contributed by atoms with E-state index in [9.17, 15) is 0 Å². The van der Waals surface area contributed by atoms with Gasteiger partial charge in [0.1, 0.15) is 11.8 Å². The van der Waals surface area contributed by atoms with E-state index in [0.717, 1.165) is 23.4 Å². The lowest BCUT2D eigenvalue weighted by molar-refractivity contribution is 0.199. The van der Waals surface area contributed by atoms with Crippen molar-refractivity contribution in [2.24, 2.45) is 0 Å². The smallest absolute Gasteiger partial charge is 0.174 e. The maximum Gasteiger partial charge on any atom is 0.174 e. The normalized spacial score (nSPS) is 9.94. The van der Waals surface area contributed by atoms with Crippen LogP contribution in [-0.4, -0.2) is 26.9 Å². The van der Waals surface area contributed by atoms with Crippen molar-refractivity contribution in [1.82, 2.24) is 5.32 Å². The molecule has 0 bridgehead atoms. The fourth-order valence-electron chi connectivity index (χ4n) is 1.56. The van der Waals surface area contributed by atoms with E-state index in [1.54, 1.807) is 7.11 Å². The Balaban J connectivity index is 2.63. The predicted octanol–water partition coefficient (Wildman–Crippen LogP) is 1.63. The monoisotopic (exact) mass is 234 g/mol. The summed E-state index contributed by atoms with van der Waals surface area (Å²) in [6, 6.07) is 7.95. The van der Waals surface area contributed by atoms with Gasteiger partial charge in [0.15, 0.2) is 6.61 Å². The number of hydrogen-bond donors (Lipinski definition) is 1. The number of methoxy groups -OCH3 is 1. The second kappa shape index (κ2) is 7.66. The van der Waals surface area contributed by atoms with Gasteiger partial charge in [-0.3, -0.25) is 0 Å². The molecule has 92 valence electrons. The molecule has 0 spiro atoms. The van der Waals surface area contributed by atoms with Gasteiger partial charge in [-0.1, -0.05) is 18.2 Å². The lowest BCUT2D eigenvalue weighted by atomic mass is 10.1. The zero-order valence-electron chi connectivity index (χ0n) is 10.3. The molecule has 0 saturated heterocycles. The zero-order chi connectivity index (χ0) is 12.5. The molecule has 0 aliphatic carbocycles. The van der Waals surface area contributed by atoms with Crippen LogP contribution < -0.4 is 10.1 Å². The molecule has 0 aliphatic rings. The summed E-state index contributed by atoms with van der Waals surface area (Å²) in [5.74, 6) is 0.805. The SMILES string of the molecule is COCCNCc1cccc(C)c1OCC#N. The molecule has 0 fully saturated rings. The number of hydrogen-bond acceptors (Lipinski definition) is 4. The minimum atomic E-state index is 0.0793. The lowest BCUT2D eigenvalue weighted by Gasteiger charge is -2.12. The van der Waals surface area contributed by atoms with Crippen molar-refractivity contribution in [3.63, 3.8) is 0 Å². The van der Waals surface area contributed by atoms with Gasteiger partial charge in [-0.2, -0.15) is 5.26 Å². The summed E-state index contributed by atoms with van der Waals surface area (Å²) >= 11 is 0. The molecule has 0 heterocycles. The van der Waals surface area contributed by atoms with Crippen molar-refractivity contribution in [1.29, 1.82) is 5.26 Å². The first kappa shape index (κ1) is 13.5. The summed E-state index contributed by atoms with van der Waals surface area (Å²) in [6.45, 7) is 4.25. The lowest BCUT2D eigenvalue weighted by Crippen LogP contribution is -2.19. The Morgan fingerprint density at radius 1 is 1.41 bits per heavy atom. The Hall–Kier alpha value is -1.57. The van der Waals surface area contributed by atoms with Gasteiger partial charge in [-0.15, -0.1) is 0 Å². The van der Waals surface area contributed by atoms with E-state index in [-0.39, 0.29) is 6.61 Å². The molecule has 4 heteroatoms. The van der Waals surface area contributed by atoms with Gasteiger partial charge in [-0.25, -0.2) is 0 Å². The third-order valence-electron chi connectivity index (χ3n) is 2.37. The quantitative estimate of drug-likeness (QED) is 0.729. The number of nitrogens with zero attached hydrogens (tertiary/aromatic N) is 1. The van der Waals surface area contributed by atoms with Crippen LogP contribution in [0.25, 0.3) is 0 Å². The number of rotatable bonds is 7. The third kappa shape index (κ3) is 4.43. The van der Waals surface area contributed by atoms with Crippen LogP contribution in [0.4, 0.5) is 0 Å². The summed E-state index contributed by atoms with van der Waals surface area (Å²) in [5.41, 5.74) is 2.11. The van der Waals surface area contributed by atoms with Crippen molar-refractivity contribution in [3.05, 3.63) is 29.3 Å². The Kier molecular flexibility index (Phi) is 6.08. The van der Waals surface area contributed by atoms with Gasteiger partial charge in [0.05, 0.1) is 6.61 Å². The molecule has 1 aromatic rings. The Morgan fingerprint density at radius 2 is 2.24 bits per heavy atom. The highest BCUT2D eigenvalue weighted by molar-refractivity contribution is 5.40. The topological polar surface area (TPSA) is 54.3 Å². The van der Waals surface area contributed by atoms with Crippen LogP contribution in [-0.2, 0) is 11.3 Å².